The first kappa shape index (κ1) is 19.1. The second-order valence-electron chi connectivity index (χ2n) is 8.59. The number of aromatic nitrogens is 1. The third-order valence-electron chi connectivity index (χ3n) is 6.50. The highest BCUT2D eigenvalue weighted by atomic mass is 15.0. The van der Waals surface area contributed by atoms with Crippen LogP contribution in [0.5, 0.6) is 0 Å². The molecule has 3 aromatic carbocycles. The van der Waals surface area contributed by atoms with Crippen molar-refractivity contribution in [2.75, 3.05) is 6.54 Å². The number of fused-ring (bicyclic) bond motifs is 1. The van der Waals surface area contributed by atoms with Gasteiger partial charge >= 0.3 is 0 Å². The molecule has 1 fully saturated rings. The zero-order chi connectivity index (χ0) is 20.2. The average molecular weight is 395 g/mol. The van der Waals surface area contributed by atoms with Gasteiger partial charge < -0.3 is 9.88 Å². The number of hydrogen-bond acceptors (Lipinski definition) is 1. The molecular formula is C28H30N2. The van der Waals surface area contributed by atoms with Crippen molar-refractivity contribution in [2.45, 2.75) is 38.6 Å². The Hall–Kier alpha value is -2.84. The van der Waals surface area contributed by atoms with Gasteiger partial charge in [0.05, 0.1) is 5.52 Å². The minimum atomic E-state index is 0.856. The summed E-state index contributed by atoms with van der Waals surface area (Å²) in [6, 6.07) is 28.2. The molecule has 0 radical (unpaired) electrons. The maximum atomic E-state index is 3.75. The third-order valence-corrected chi connectivity index (χ3v) is 6.50. The third kappa shape index (κ3) is 4.06. The molecule has 2 nitrogen and oxygen atoms in total. The minimum Gasteiger partial charge on any atom is -0.316 e. The first-order valence-electron chi connectivity index (χ1n) is 11.3. The molecule has 0 saturated heterocycles. The summed E-state index contributed by atoms with van der Waals surface area (Å²) < 4.78 is 2.35. The van der Waals surface area contributed by atoms with E-state index < -0.39 is 0 Å². The van der Waals surface area contributed by atoms with Crippen molar-refractivity contribution in [1.82, 2.24) is 9.88 Å². The molecule has 0 spiro atoms. The van der Waals surface area contributed by atoms with Gasteiger partial charge in [0.25, 0.3) is 0 Å². The van der Waals surface area contributed by atoms with E-state index in [1.165, 1.54) is 65.4 Å². The summed E-state index contributed by atoms with van der Waals surface area (Å²) in [7, 11) is 0. The van der Waals surface area contributed by atoms with Gasteiger partial charge in [0, 0.05) is 23.8 Å². The quantitative estimate of drug-likeness (QED) is 0.374. The molecule has 1 aliphatic carbocycles. The predicted molar refractivity (Wildman–Crippen MR) is 127 cm³/mol. The van der Waals surface area contributed by atoms with Crippen LogP contribution in [0.4, 0.5) is 0 Å². The van der Waals surface area contributed by atoms with Gasteiger partial charge in [-0.05, 0) is 60.2 Å². The van der Waals surface area contributed by atoms with Crippen molar-refractivity contribution < 1.29 is 0 Å². The Labute approximate surface area is 179 Å². The summed E-state index contributed by atoms with van der Waals surface area (Å²) in [6.07, 6.45) is 9.34. The van der Waals surface area contributed by atoms with Crippen LogP contribution in [0, 0.1) is 5.92 Å². The van der Waals surface area contributed by atoms with Gasteiger partial charge in [-0.1, -0.05) is 79.9 Å². The molecule has 0 aliphatic heterocycles. The Morgan fingerprint density at radius 1 is 0.767 bits per heavy atom. The van der Waals surface area contributed by atoms with E-state index in [1.807, 2.05) is 0 Å². The smallest absolute Gasteiger partial charge is 0.0531 e. The van der Waals surface area contributed by atoms with Crippen LogP contribution in [-0.2, 0) is 6.54 Å². The van der Waals surface area contributed by atoms with E-state index in [0.29, 0.717) is 0 Å². The number of nitrogens with one attached hydrogen (secondary N) is 1. The lowest BCUT2D eigenvalue weighted by Gasteiger charge is -2.21. The second kappa shape index (κ2) is 8.89. The van der Waals surface area contributed by atoms with E-state index in [-0.39, 0.29) is 0 Å². The number of benzene rings is 3. The zero-order valence-electron chi connectivity index (χ0n) is 17.6. The number of nitrogens with zero attached hydrogens (tertiary/aromatic N) is 1. The number of para-hydroxylation sites is 1. The molecule has 0 unspecified atom stereocenters. The first-order chi connectivity index (χ1) is 14.9. The fraction of sp³-hybridized carbons (Fsp3) is 0.286. The van der Waals surface area contributed by atoms with Gasteiger partial charge in [-0.3, -0.25) is 0 Å². The van der Waals surface area contributed by atoms with Crippen LogP contribution in [0.15, 0.2) is 85.1 Å². The molecule has 0 amide bonds. The van der Waals surface area contributed by atoms with Crippen molar-refractivity contribution in [3.63, 3.8) is 0 Å². The molecule has 1 N–H and O–H groups in total. The SMILES string of the molecule is c1ccc(-c2cccc(-n3cc(CNCC4CCCCC4)c4ccccc43)c2)cc1. The van der Waals surface area contributed by atoms with E-state index in [1.54, 1.807) is 0 Å². The summed E-state index contributed by atoms with van der Waals surface area (Å²) in [5.41, 5.74) is 6.38. The Bertz CT molecular complexity index is 1100. The lowest BCUT2D eigenvalue weighted by Crippen LogP contribution is -2.24. The van der Waals surface area contributed by atoms with Gasteiger partial charge in [0.2, 0.25) is 0 Å². The standard InChI is InChI=1S/C28H30N2/c1-3-10-22(11-4-1)19-29-20-25-21-30(28-17-8-7-16-27(25)28)26-15-9-14-24(18-26)23-12-5-2-6-13-23/h2,5-9,12-18,21-22,29H,1,3-4,10-11,19-20H2. The Kier molecular flexibility index (Phi) is 5.67. The fourth-order valence-corrected chi connectivity index (χ4v) is 4.87. The molecule has 4 aromatic rings. The van der Waals surface area contributed by atoms with Crippen molar-refractivity contribution in [3.05, 3.63) is 90.6 Å². The van der Waals surface area contributed by atoms with Crippen molar-refractivity contribution >= 4 is 10.9 Å². The zero-order valence-corrected chi connectivity index (χ0v) is 17.6. The van der Waals surface area contributed by atoms with E-state index in [9.17, 15) is 0 Å². The molecule has 0 atom stereocenters. The molecule has 152 valence electrons. The van der Waals surface area contributed by atoms with Crippen LogP contribution < -0.4 is 5.32 Å². The highest BCUT2D eigenvalue weighted by Gasteiger charge is 2.14. The molecule has 1 aliphatic rings. The predicted octanol–water partition coefficient (Wildman–Crippen LogP) is 6.97. The van der Waals surface area contributed by atoms with Gasteiger partial charge in [0.1, 0.15) is 0 Å². The molecular weight excluding hydrogens is 364 g/mol. The highest BCUT2D eigenvalue weighted by Crippen LogP contribution is 2.28. The van der Waals surface area contributed by atoms with Crippen LogP contribution in [0.1, 0.15) is 37.7 Å². The van der Waals surface area contributed by atoms with Crippen molar-refractivity contribution in [3.8, 4) is 16.8 Å². The number of hydrogen-bond donors (Lipinski definition) is 1. The average Bonchev–Trinajstić information content (AvgIpc) is 3.19. The highest BCUT2D eigenvalue weighted by molar-refractivity contribution is 5.86. The molecule has 0 bridgehead atoms. The van der Waals surface area contributed by atoms with Crippen molar-refractivity contribution in [1.29, 1.82) is 0 Å². The summed E-state index contributed by atoms with van der Waals surface area (Å²) in [5.74, 6) is 0.856. The normalized spacial score (nSPS) is 14.9. The van der Waals surface area contributed by atoms with Gasteiger partial charge in [-0.15, -0.1) is 0 Å². The van der Waals surface area contributed by atoms with E-state index in [2.05, 4.69) is 94.9 Å². The van der Waals surface area contributed by atoms with Crippen LogP contribution in [-0.4, -0.2) is 11.1 Å². The molecule has 1 aromatic heterocycles. The Balaban J connectivity index is 1.42. The van der Waals surface area contributed by atoms with Crippen LogP contribution in [0.25, 0.3) is 27.7 Å². The summed E-state index contributed by atoms with van der Waals surface area (Å²) in [4.78, 5) is 0. The van der Waals surface area contributed by atoms with E-state index in [4.69, 9.17) is 0 Å². The lowest BCUT2D eigenvalue weighted by atomic mass is 9.89. The topological polar surface area (TPSA) is 17.0 Å². The molecule has 5 rings (SSSR count). The van der Waals surface area contributed by atoms with Crippen LogP contribution in [0.2, 0.25) is 0 Å². The van der Waals surface area contributed by atoms with Crippen LogP contribution >= 0.6 is 0 Å². The van der Waals surface area contributed by atoms with E-state index >= 15 is 0 Å². The largest absolute Gasteiger partial charge is 0.316 e. The van der Waals surface area contributed by atoms with Crippen molar-refractivity contribution in [2.24, 2.45) is 5.92 Å². The monoisotopic (exact) mass is 394 g/mol. The van der Waals surface area contributed by atoms with Gasteiger partial charge in [0.15, 0.2) is 0 Å². The summed E-state index contributed by atoms with van der Waals surface area (Å²) in [5, 5.41) is 5.10. The minimum absolute atomic E-state index is 0.856. The summed E-state index contributed by atoms with van der Waals surface area (Å²) in [6.45, 7) is 2.07. The van der Waals surface area contributed by atoms with Gasteiger partial charge in [-0.2, -0.15) is 0 Å². The Morgan fingerprint density at radius 3 is 2.40 bits per heavy atom. The molecule has 2 heteroatoms. The fourth-order valence-electron chi connectivity index (χ4n) is 4.87. The molecule has 30 heavy (non-hydrogen) atoms. The summed E-state index contributed by atoms with van der Waals surface area (Å²) >= 11 is 0. The molecule has 1 heterocycles. The number of rotatable bonds is 6. The molecule has 1 saturated carbocycles. The maximum Gasteiger partial charge on any atom is 0.0531 e. The second-order valence-corrected chi connectivity index (χ2v) is 8.59. The van der Waals surface area contributed by atoms with Crippen LogP contribution in [0.3, 0.4) is 0 Å². The van der Waals surface area contributed by atoms with Gasteiger partial charge in [-0.25, -0.2) is 0 Å². The Morgan fingerprint density at radius 2 is 1.53 bits per heavy atom. The maximum absolute atomic E-state index is 3.75. The van der Waals surface area contributed by atoms with E-state index in [0.717, 1.165) is 19.0 Å². The lowest BCUT2D eigenvalue weighted by molar-refractivity contribution is 0.342. The first-order valence-corrected chi connectivity index (χ1v) is 11.3.